The molecule has 0 unspecified atom stereocenters. The molecule has 0 bridgehead atoms. The van der Waals surface area contributed by atoms with E-state index in [0.29, 0.717) is 6.04 Å². The van der Waals surface area contributed by atoms with Crippen molar-refractivity contribution in [2.45, 2.75) is 64.1 Å². The van der Waals surface area contributed by atoms with E-state index >= 15 is 0 Å². The van der Waals surface area contributed by atoms with E-state index in [9.17, 15) is 4.79 Å². The Morgan fingerprint density at radius 1 is 1.04 bits per heavy atom. The lowest BCUT2D eigenvalue weighted by atomic mass is 9.88. The number of halogens is 1. The molecule has 4 heteroatoms. The number of carbonyl (C=O) groups is 1. The molecule has 2 aliphatic carbocycles. The highest BCUT2D eigenvalue weighted by atomic mass is 35.5. The number of rotatable bonds is 4. The maximum Gasteiger partial charge on any atom is 0.254 e. The monoisotopic (exact) mass is 334 g/mol. The van der Waals surface area contributed by atoms with Crippen LogP contribution in [0, 0.1) is 5.92 Å². The summed E-state index contributed by atoms with van der Waals surface area (Å²) in [6.45, 7) is 2.83. The highest BCUT2D eigenvalue weighted by Crippen LogP contribution is 2.32. The van der Waals surface area contributed by atoms with Crippen LogP contribution >= 0.6 is 12.4 Å². The summed E-state index contributed by atoms with van der Waals surface area (Å²) in [5.74, 6) is 0.997. The highest BCUT2D eigenvalue weighted by Gasteiger charge is 2.34. The first kappa shape index (κ1) is 16.8. The number of hydrogen-bond donors (Lipinski definition) is 1. The highest BCUT2D eigenvalue weighted by molar-refractivity contribution is 5.95. The Balaban J connectivity index is 0.00000156. The fourth-order valence-electron chi connectivity index (χ4n) is 4.03. The van der Waals surface area contributed by atoms with Crippen LogP contribution in [0.3, 0.4) is 0 Å². The molecule has 0 radical (unpaired) electrons. The van der Waals surface area contributed by atoms with Crippen LogP contribution in [-0.4, -0.2) is 23.4 Å². The summed E-state index contributed by atoms with van der Waals surface area (Å²) in [5.41, 5.74) is 3.55. The third kappa shape index (κ3) is 3.72. The third-order valence-electron chi connectivity index (χ3n) is 5.51. The van der Waals surface area contributed by atoms with Crippen molar-refractivity contribution < 1.29 is 4.79 Å². The van der Waals surface area contributed by atoms with E-state index in [4.69, 9.17) is 0 Å². The quantitative estimate of drug-likeness (QED) is 0.905. The molecule has 3 nitrogen and oxygen atoms in total. The van der Waals surface area contributed by atoms with Crippen molar-refractivity contribution in [3.63, 3.8) is 0 Å². The Morgan fingerprint density at radius 2 is 1.78 bits per heavy atom. The fraction of sp³-hybridized carbons (Fsp3) is 0.632. The van der Waals surface area contributed by atoms with Gasteiger partial charge in [0.05, 0.1) is 0 Å². The summed E-state index contributed by atoms with van der Waals surface area (Å²) >= 11 is 0. The SMILES string of the molecule is Cl.O=C(c1ccc2c(c1)CNC2)N(CC1CCCCC1)C1CC1. The summed E-state index contributed by atoms with van der Waals surface area (Å²) < 4.78 is 0. The van der Waals surface area contributed by atoms with Gasteiger partial charge in [-0.2, -0.15) is 0 Å². The lowest BCUT2D eigenvalue weighted by Gasteiger charge is -2.30. The van der Waals surface area contributed by atoms with Crippen molar-refractivity contribution in [2.24, 2.45) is 5.92 Å². The Morgan fingerprint density at radius 3 is 2.52 bits per heavy atom. The summed E-state index contributed by atoms with van der Waals surface area (Å²) in [4.78, 5) is 15.2. The van der Waals surface area contributed by atoms with Crippen LogP contribution in [-0.2, 0) is 13.1 Å². The minimum atomic E-state index is 0. The lowest BCUT2D eigenvalue weighted by Crippen LogP contribution is -2.37. The van der Waals surface area contributed by atoms with Crippen LogP contribution in [0.5, 0.6) is 0 Å². The third-order valence-corrected chi connectivity index (χ3v) is 5.51. The van der Waals surface area contributed by atoms with Gasteiger partial charge in [0.1, 0.15) is 0 Å². The molecule has 1 aromatic carbocycles. The van der Waals surface area contributed by atoms with Crippen LogP contribution in [0.1, 0.15) is 66.4 Å². The number of amides is 1. The molecule has 126 valence electrons. The van der Waals surface area contributed by atoms with Crippen LogP contribution in [0.2, 0.25) is 0 Å². The molecule has 0 saturated heterocycles. The number of nitrogens with zero attached hydrogens (tertiary/aromatic N) is 1. The van der Waals surface area contributed by atoms with Gasteiger partial charge in [0, 0.05) is 31.2 Å². The predicted molar refractivity (Wildman–Crippen MR) is 94.9 cm³/mol. The van der Waals surface area contributed by atoms with Crippen LogP contribution in [0.15, 0.2) is 18.2 Å². The molecule has 1 N–H and O–H groups in total. The molecule has 1 aromatic rings. The second-order valence-corrected chi connectivity index (χ2v) is 7.28. The lowest BCUT2D eigenvalue weighted by molar-refractivity contribution is 0.0699. The molecular formula is C19H27ClN2O. The van der Waals surface area contributed by atoms with E-state index in [1.165, 1.54) is 56.1 Å². The average molecular weight is 335 g/mol. The van der Waals surface area contributed by atoms with Gasteiger partial charge in [0.15, 0.2) is 0 Å². The van der Waals surface area contributed by atoms with Crippen LogP contribution in [0.4, 0.5) is 0 Å². The summed E-state index contributed by atoms with van der Waals surface area (Å²) in [6, 6.07) is 6.80. The molecule has 0 aromatic heterocycles. The average Bonchev–Trinajstić information content (AvgIpc) is 3.29. The van der Waals surface area contributed by atoms with Crippen molar-refractivity contribution in [1.29, 1.82) is 0 Å². The van der Waals surface area contributed by atoms with Crippen molar-refractivity contribution in [3.8, 4) is 0 Å². The molecule has 3 aliphatic rings. The van der Waals surface area contributed by atoms with E-state index in [-0.39, 0.29) is 18.3 Å². The van der Waals surface area contributed by atoms with Crippen molar-refractivity contribution >= 4 is 18.3 Å². The largest absolute Gasteiger partial charge is 0.335 e. The summed E-state index contributed by atoms with van der Waals surface area (Å²) in [6.07, 6.45) is 9.10. The number of carbonyl (C=O) groups excluding carboxylic acids is 1. The van der Waals surface area contributed by atoms with Gasteiger partial charge in [0.25, 0.3) is 5.91 Å². The fourth-order valence-corrected chi connectivity index (χ4v) is 4.03. The molecule has 0 atom stereocenters. The smallest absolute Gasteiger partial charge is 0.254 e. The molecule has 0 spiro atoms. The molecule has 1 aliphatic heterocycles. The van der Waals surface area contributed by atoms with E-state index < -0.39 is 0 Å². The minimum Gasteiger partial charge on any atom is -0.335 e. The van der Waals surface area contributed by atoms with Crippen LogP contribution in [0.25, 0.3) is 0 Å². The molecule has 2 fully saturated rings. The summed E-state index contributed by atoms with van der Waals surface area (Å²) in [7, 11) is 0. The molecule has 1 heterocycles. The predicted octanol–water partition coefficient (Wildman–Crippen LogP) is 3.90. The first-order valence-corrected chi connectivity index (χ1v) is 8.95. The Hall–Kier alpha value is -1.06. The molecule has 23 heavy (non-hydrogen) atoms. The summed E-state index contributed by atoms with van der Waals surface area (Å²) in [5, 5.41) is 3.36. The molecule has 1 amide bonds. The maximum atomic E-state index is 13.0. The number of fused-ring (bicyclic) bond motifs is 1. The van der Waals surface area contributed by atoms with Crippen LogP contribution < -0.4 is 5.32 Å². The van der Waals surface area contributed by atoms with Crippen molar-refractivity contribution in [1.82, 2.24) is 10.2 Å². The second-order valence-electron chi connectivity index (χ2n) is 7.28. The standard InChI is InChI=1S/C19H26N2O.ClH/c22-19(15-6-7-16-11-20-12-17(16)10-15)21(18-8-9-18)13-14-4-2-1-3-5-14;/h6-7,10,14,18,20H,1-5,8-9,11-13H2;1H. The normalized spacial score (nSPS) is 20.7. The Bertz CT molecular complexity index is 564. The van der Waals surface area contributed by atoms with Gasteiger partial charge >= 0.3 is 0 Å². The molecule has 2 saturated carbocycles. The zero-order chi connectivity index (χ0) is 14.9. The minimum absolute atomic E-state index is 0. The van der Waals surface area contributed by atoms with Crippen molar-refractivity contribution in [2.75, 3.05) is 6.54 Å². The molecule has 4 rings (SSSR count). The van der Waals surface area contributed by atoms with Gasteiger partial charge in [-0.15, -0.1) is 12.4 Å². The van der Waals surface area contributed by atoms with E-state index in [2.05, 4.69) is 22.3 Å². The van der Waals surface area contributed by atoms with Gasteiger partial charge in [-0.3, -0.25) is 4.79 Å². The van der Waals surface area contributed by atoms with Gasteiger partial charge in [-0.25, -0.2) is 0 Å². The van der Waals surface area contributed by atoms with Gasteiger partial charge in [-0.05, 0) is 54.9 Å². The van der Waals surface area contributed by atoms with E-state index in [1.807, 2.05) is 6.07 Å². The van der Waals surface area contributed by atoms with E-state index in [1.54, 1.807) is 0 Å². The Kier molecular flexibility index (Phi) is 5.27. The van der Waals surface area contributed by atoms with Crippen molar-refractivity contribution in [3.05, 3.63) is 34.9 Å². The van der Waals surface area contributed by atoms with Gasteiger partial charge < -0.3 is 10.2 Å². The topological polar surface area (TPSA) is 32.3 Å². The maximum absolute atomic E-state index is 13.0. The second kappa shape index (κ2) is 7.23. The number of nitrogens with one attached hydrogen (secondary N) is 1. The Labute approximate surface area is 145 Å². The van der Waals surface area contributed by atoms with Gasteiger partial charge in [-0.1, -0.05) is 25.3 Å². The number of hydrogen-bond acceptors (Lipinski definition) is 2. The molecular weight excluding hydrogens is 308 g/mol. The first-order chi connectivity index (χ1) is 10.8. The zero-order valence-electron chi connectivity index (χ0n) is 13.7. The van der Waals surface area contributed by atoms with Gasteiger partial charge in [0.2, 0.25) is 0 Å². The zero-order valence-corrected chi connectivity index (χ0v) is 14.5. The first-order valence-electron chi connectivity index (χ1n) is 8.95. The van der Waals surface area contributed by atoms with E-state index in [0.717, 1.165) is 31.1 Å². The number of benzene rings is 1.